The number of hydrogen-bond acceptors (Lipinski definition) is 4. The summed E-state index contributed by atoms with van der Waals surface area (Å²) in [5.41, 5.74) is 0.664. The van der Waals surface area contributed by atoms with E-state index in [9.17, 15) is 9.59 Å². The fraction of sp³-hybridized carbons (Fsp3) is 0.333. The Labute approximate surface area is 119 Å². The van der Waals surface area contributed by atoms with Crippen molar-refractivity contribution in [1.29, 1.82) is 0 Å². The molecule has 0 atom stereocenters. The summed E-state index contributed by atoms with van der Waals surface area (Å²) >= 11 is 3.35. The first-order chi connectivity index (χ1) is 8.81. The molecule has 0 saturated heterocycles. The summed E-state index contributed by atoms with van der Waals surface area (Å²) in [6.45, 7) is 6.51. The Bertz CT molecular complexity index is 599. The van der Waals surface area contributed by atoms with Crippen LogP contribution in [0.4, 0.5) is 5.69 Å². The van der Waals surface area contributed by atoms with E-state index in [0.717, 1.165) is 0 Å². The van der Waals surface area contributed by atoms with Crippen LogP contribution in [-0.2, 0) is 14.4 Å². The van der Waals surface area contributed by atoms with Crippen molar-refractivity contribution in [3.63, 3.8) is 0 Å². The van der Waals surface area contributed by atoms with E-state index in [1.54, 1.807) is 32.9 Å². The molecule has 7 heteroatoms. The van der Waals surface area contributed by atoms with Gasteiger partial charge in [0, 0.05) is 0 Å². The van der Waals surface area contributed by atoms with Gasteiger partial charge in [-0.05, 0) is 0 Å². The van der Waals surface area contributed by atoms with Crippen LogP contribution in [0.25, 0.3) is 0 Å². The van der Waals surface area contributed by atoms with Crippen LogP contribution in [-0.4, -0.2) is 29.9 Å². The zero-order chi connectivity index (χ0) is 14.2. The molecule has 1 N–H and O–H groups in total. The molecule has 1 amide bonds. The van der Waals surface area contributed by atoms with E-state index in [-0.39, 0.29) is 11.7 Å². The quantitative estimate of drug-likeness (QED) is 0.903. The fourth-order valence-electron chi connectivity index (χ4n) is 1.67. The molecule has 2 rings (SSSR count). The zero-order valence-electron chi connectivity index (χ0n) is 10.8. The molecule has 19 heavy (non-hydrogen) atoms. The van der Waals surface area contributed by atoms with Gasteiger partial charge in [0.15, 0.2) is 0 Å². The van der Waals surface area contributed by atoms with Crippen LogP contribution in [0.2, 0.25) is 0 Å². The third kappa shape index (κ3) is 2.75. The molecule has 0 radical (unpaired) electrons. The van der Waals surface area contributed by atoms with E-state index in [4.69, 9.17) is 4.84 Å². The summed E-state index contributed by atoms with van der Waals surface area (Å²) in [6.07, 6.45) is 0. The number of oxime groups is 1. The fourth-order valence-corrected chi connectivity index (χ4v) is 2.14. The molecule has 5 nitrogen and oxygen atoms in total. The Morgan fingerprint density at radius 1 is 1.47 bits per heavy atom. The Hall–Kier alpha value is -1.50. The second-order valence-corrected chi connectivity index (χ2v) is 5.60. The van der Waals surface area contributed by atoms with Gasteiger partial charge in [-0.1, -0.05) is 0 Å². The summed E-state index contributed by atoms with van der Waals surface area (Å²) < 4.78 is 0.681. The average Bonchev–Trinajstić information content (AvgIpc) is 2.57. The van der Waals surface area contributed by atoms with Crippen LogP contribution < -0.4 is 5.32 Å². The summed E-state index contributed by atoms with van der Waals surface area (Å²) in [7, 11) is 0. The first-order valence-corrected chi connectivity index (χ1v) is 6.49. The molecular formula is C12H12BBrN2O3. The number of carbonyl (C=O) groups is 2. The minimum absolute atomic E-state index is 0.160. The molecule has 1 aromatic heterocycles. The number of anilines is 1. The number of Topliss-reactive ketones (excluding diaryl/α,β-unsaturated/α-hetero) is 1. The van der Waals surface area contributed by atoms with E-state index in [2.05, 4.69) is 26.4 Å². The van der Waals surface area contributed by atoms with Crippen molar-refractivity contribution in [2.75, 3.05) is 5.32 Å². The van der Waals surface area contributed by atoms with Gasteiger partial charge < -0.3 is 0 Å². The van der Waals surface area contributed by atoms with Crippen molar-refractivity contribution in [2.45, 2.75) is 26.4 Å². The van der Waals surface area contributed by atoms with Crippen molar-refractivity contribution in [2.24, 2.45) is 5.16 Å². The van der Waals surface area contributed by atoms with Gasteiger partial charge in [0.25, 0.3) is 0 Å². The van der Waals surface area contributed by atoms with Gasteiger partial charge in [0.2, 0.25) is 0 Å². The summed E-state index contributed by atoms with van der Waals surface area (Å²) in [4.78, 5) is 28.2. The number of halogens is 1. The van der Waals surface area contributed by atoms with Crippen molar-refractivity contribution in [3.05, 3.63) is 22.0 Å². The molecule has 0 fully saturated rings. The minimum atomic E-state index is -0.919. The SMILES string of the molecule is CC(=O)Nc1ccc(C2=NOC(C)(C)C2=O)bc1Br. The van der Waals surface area contributed by atoms with Crippen LogP contribution in [0.3, 0.4) is 0 Å². The van der Waals surface area contributed by atoms with E-state index in [1.807, 2.05) is 0 Å². The van der Waals surface area contributed by atoms with E-state index in [0.29, 0.717) is 21.2 Å². The van der Waals surface area contributed by atoms with Crippen molar-refractivity contribution in [3.8, 4) is 0 Å². The number of rotatable bonds is 2. The normalized spacial score (nSPS) is 16.6. The maximum atomic E-state index is 12.1. The summed E-state index contributed by atoms with van der Waals surface area (Å²) in [6, 6.07) is 3.43. The van der Waals surface area contributed by atoms with Crippen molar-refractivity contribution < 1.29 is 14.4 Å². The van der Waals surface area contributed by atoms with E-state index in [1.165, 1.54) is 6.92 Å². The van der Waals surface area contributed by atoms with Crippen LogP contribution in [0.5, 0.6) is 0 Å². The van der Waals surface area contributed by atoms with Gasteiger partial charge in [-0.25, -0.2) is 0 Å². The number of amides is 1. The number of nitrogens with one attached hydrogen (secondary N) is 1. The predicted octanol–water partition coefficient (Wildman–Crippen LogP) is 1.83. The Morgan fingerprint density at radius 2 is 2.16 bits per heavy atom. The number of nitrogens with zero attached hydrogens (tertiary/aromatic N) is 1. The van der Waals surface area contributed by atoms with E-state index < -0.39 is 5.60 Å². The Balaban J connectivity index is 2.31. The van der Waals surface area contributed by atoms with Crippen molar-refractivity contribution >= 4 is 45.9 Å². The van der Waals surface area contributed by atoms with Crippen LogP contribution in [0.15, 0.2) is 21.7 Å². The maximum absolute atomic E-state index is 12.1. The third-order valence-electron chi connectivity index (χ3n) is 2.68. The zero-order valence-corrected chi connectivity index (χ0v) is 12.4. The van der Waals surface area contributed by atoms with Gasteiger partial charge in [-0.3, -0.25) is 0 Å². The molecule has 1 aromatic rings. The molecule has 0 spiro atoms. The Morgan fingerprint density at radius 3 is 2.63 bits per heavy atom. The average molecular weight is 323 g/mol. The molecule has 2 heterocycles. The molecule has 98 valence electrons. The van der Waals surface area contributed by atoms with Gasteiger partial charge in [0.1, 0.15) is 0 Å². The van der Waals surface area contributed by atoms with Gasteiger partial charge >= 0.3 is 119 Å². The predicted molar refractivity (Wildman–Crippen MR) is 76.5 cm³/mol. The number of ketones is 1. The molecule has 0 bridgehead atoms. The standard InChI is InChI=1S/C12H12BBrN2O3/c1-6(17)15-8-5-4-7(13-11(8)14)9-10(18)12(2,3)19-16-9/h4-5H,1-3H3,(H,15,17). The van der Waals surface area contributed by atoms with E-state index >= 15 is 0 Å². The molecule has 1 aliphatic rings. The molecular weight excluding hydrogens is 311 g/mol. The van der Waals surface area contributed by atoms with Gasteiger partial charge in [-0.2, -0.15) is 0 Å². The summed E-state index contributed by atoms with van der Waals surface area (Å²) in [5, 5.41) is 6.51. The molecule has 0 saturated carbocycles. The molecule has 0 aromatic carbocycles. The van der Waals surface area contributed by atoms with Crippen LogP contribution >= 0.6 is 15.9 Å². The topological polar surface area (TPSA) is 67.8 Å². The number of carbonyl (C=O) groups excluding carboxylic acids is 2. The second kappa shape index (κ2) is 4.88. The Kier molecular flexibility index (Phi) is 3.58. The van der Waals surface area contributed by atoms with Crippen LogP contribution in [0, 0.1) is 0 Å². The third-order valence-corrected chi connectivity index (χ3v) is 3.34. The number of hydrogen-bond donors (Lipinski definition) is 1. The monoisotopic (exact) mass is 322 g/mol. The van der Waals surface area contributed by atoms with Crippen LogP contribution in [0.1, 0.15) is 26.2 Å². The summed E-state index contributed by atoms with van der Waals surface area (Å²) in [5.74, 6) is -0.320. The molecule has 0 aliphatic carbocycles. The molecule has 1 aliphatic heterocycles. The molecule has 0 unspecified atom stereocenters. The second-order valence-electron chi connectivity index (χ2n) is 4.75. The van der Waals surface area contributed by atoms with Gasteiger partial charge in [0.05, 0.1) is 0 Å². The van der Waals surface area contributed by atoms with Crippen molar-refractivity contribution in [1.82, 2.24) is 0 Å². The van der Waals surface area contributed by atoms with Gasteiger partial charge in [-0.15, -0.1) is 0 Å². The first kappa shape index (κ1) is 13.9. The first-order valence-electron chi connectivity index (χ1n) is 5.70.